The van der Waals surface area contributed by atoms with E-state index < -0.39 is 16.2 Å². The Balaban J connectivity index is 1.42. The van der Waals surface area contributed by atoms with Crippen LogP contribution in [0.15, 0.2) is 83.8 Å². The molecule has 0 spiro atoms. The van der Waals surface area contributed by atoms with Crippen molar-refractivity contribution in [2.45, 2.75) is 23.9 Å². The van der Waals surface area contributed by atoms with E-state index >= 15 is 0 Å². The first kappa shape index (κ1) is 20.1. The monoisotopic (exact) mass is 421 g/mol. The first-order valence-corrected chi connectivity index (χ1v) is 11.2. The maximum absolute atomic E-state index is 12.5. The molecule has 1 aliphatic rings. The summed E-state index contributed by atoms with van der Waals surface area (Å²) in [6, 6.07) is 23.7. The third kappa shape index (κ3) is 4.22. The van der Waals surface area contributed by atoms with Crippen LogP contribution >= 0.6 is 0 Å². The zero-order valence-electron chi connectivity index (χ0n) is 16.5. The molecule has 3 aromatic rings. The predicted octanol–water partition coefficient (Wildman–Crippen LogP) is 3.62. The van der Waals surface area contributed by atoms with Gasteiger partial charge in [-0.25, -0.2) is 8.42 Å². The van der Waals surface area contributed by atoms with Gasteiger partial charge < -0.3 is 10.6 Å². The molecular formula is C23H23N3O3S. The SMILES string of the molecule is C[C@@H](CNC(=O)c1ccc([C@@H]2Nc3ccccc3S(=O)(=O)N2)cc1)c1ccccc1. The van der Waals surface area contributed by atoms with Crippen LogP contribution in [-0.4, -0.2) is 20.9 Å². The molecule has 6 nitrogen and oxygen atoms in total. The average molecular weight is 422 g/mol. The fraction of sp³-hybridized carbons (Fsp3) is 0.174. The number of anilines is 1. The molecule has 30 heavy (non-hydrogen) atoms. The summed E-state index contributed by atoms with van der Waals surface area (Å²) in [6.07, 6.45) is -0.597. The Morgan fingerprint density at radius 1 is 0.967 bits per heavy atom. The van der Waals surface area contributed by atoms with Crippen LogP contribution in [0.1, 0.15) is 40.5 Å². The van der Waals surface area contributed by atoms with Crippen LogP contribution in [0.4, 0.5) is 5.69 Å². The van der Waals surface area contributed by atoms with Crippen LogP contribution in [0.5, 0.6) is 0 Å². The summed E-state index contributed by atoms with van der Waals surface area (Å²) in [5.74, 6) is 0.0437. The van der Waals surface area contributed by atoms with Crippen molar-refractivity contribution in [1.29, 1.82) is 0 Å². The molecule has 154 valence electrons. The molecule has 0 radical (unpaired) electrons. The quantitative estimate of drug-likeness (QED) is 0.587. The fourth-order valence-corrected chi connectivity index (χ4v) is 4.76. The van der Waals surface area contributed by atoms with E-state index in [1.54, 1.807) is 48.5 Å². The lowest BCUT2D eigenvalue weighted by molar-refractivity contribution is 0.0951. The summed E-state index contributed by atoms with van der Waals surface area (Å²) < 4.78 is 27.6. The number of hydrogen-bond acceptors (Lipinski definition) is 4. The molecule has 7 heteroatoms. The number of para-hydroxylation sites is 1. The molecule has 1 aliphatic heterocycles. The molecule has 0 aromatic heterocycles. The van der Waals surface area contributed by atoms with Gasteiger partial charge in [-0.2, -0.15) is 4.72 Å². The van der Waals surface area contributed by atoms with Gasteiger partial charge in [-0.3, -0.25) is 4.79 Å². The van der Waals surface area contributed by atoms with E-state index in [0.717, 1.165) is 5.56 Å². The maximum atomic E-state index is 12.5. The zero-order chi connectivity index (χ0) is 21.1. The van der Waals surface area contributed by atoms with Gasteiger partial charge in [-0.15, -0.1) is 0 Å². The lowest BCUT2D eigenvalue weighted by Crippen LogP contribution is -2.38. The number of sulfonamides is 1. The van der Waals surface area contributed by atoms with Crippen molar-refractivity contribution in [2.24, 2.45) is 0 Å². The molecule has 0 unspecified atom stereocenters. The number of nitrogens with one attached hydrogen (secondary N) is 3. The normalized spacial score (nSPS) is 18.0. The molecule has 4 rings (SSSR count). The van der Waals surface area contributed by atoms with Crippen LogP contribution < -0.4 is 15.4 Å². The molecule has 0 fully saturated rings. The lowest BCUT2D eigenvalue weighted by atomic mass is 10.0. The van der Waals surface area contributed by atoms with Crippen molar-refractivity contribution >= 4 is 21.6 Å². The van der Waals surface area contributed by atoms with Gasteiger partial charge in [0.2, 0.25) is 10.0 Å². The number of fused-ring (bicyclic) bond motifs is 1. The van der Waals surface area contributed by atoms with Crippen molar-refractivity contribution in [2.75, 3.05) is 11.9 Å². The van der Waals surface area contributed by atoms with E-state index in [1.807, 2.05) is 30.3 Å². The van der Waals surface area contributed by atoms with Crippen molar-refractivity contribution in [1.82, 2.24) is 10.0 Å². The first-order valence-electron chi connectivity index (χ1n) is 9.75. The van der Waals surface area contributed by atoms with E-state index in [1.165, 1.54) is 5.56 Å². The number of hydrogen-bond donors (Lipinski definition) is 3. The second-order valence-electron chi connectivity index (χ2n) is 7.34. The highest BCUT2D eigenvalue weighted by atomic mass is 32.2. The second-order valence-corrected chi connectivity index (χ2v) is 9.02. The smallest absolute Gasteiger partial charge is 0.251 e. The highest BCUT2D eigenvalue weighted by Gasteiger charge is 2.29. The Morgan fingerprint density at radius 3 is 2.37 bits per heavy atom. The number of carbonyl (C=O) groups excluding carboxylic acids is 1. The van der Waals surface area contributed by atoms with Crippen LogP contribution in [0.3, 0.4) is 0 Å². The van der Waals surface area contributed by atoms with Gasteiger partial charge in [0, 0.05) is 12.1 Å². The lowest BCUT2D eigenvalue weighted by Gasteiger charge is -2.28. The summed E-state index contributed by atoms with van der Waals surface area (Å²) in [5, 5.41) is 6.14. The summed E-state index contributed by atoms with van der Waals surface area (Å²) in [6.45, 7) is 2.60. The molecule has 3 aromatic carbocycles. The fourth-order valence-electron chi connectivity index (χ4n) is 3.45. The molecule has 2 atom stereocenters. The van der Waals surface area contributed by atoms with E-state index in [4.69, 9.17) is 0 Å². The standard InChI is InChI=1S/C23H23N3O3S/c1-16(17-7-3-2-4-8-17)15-24-23(27)19-13-11-18(12-14-19)22-25-20-9-5-6-10-21(20)30(28,29)26-22/h2-14,16,22,25-26H,15H2,1H3,(H,24,27)/t16-,22+/m0/s1. The Kier molecular flexibility index (Phi) is 5.57. The highest BCUT2D eigenvalue weighted by molar-refractivity contribution is 7.89. The Morgan fingerprint density at radius 2 is 1.63 bits per heavy atom. The molecule has 1 heterocycles. The van der Waals surface area contributed by atoms with Crippen LogP contribution in [-0.2, 0) is 10.0 Å². The minimum absolute atomic E-state index is 0.160. The Hall–Kier alpha value is -3.16. The van der Waals surface area contributed by atoms with Gasteiger partial charge in [-0.1, -0.05) is 61.5 Å². The summed E-state index contributed by atoms with van der Waals surface area (Å²) in [7, 11) is -3.60. The second kappa shape index (κ2) is 8.30. The minimum Gasteiger partial charge on any atom is -0.364 e. The van der Waals surface area contributed by atoms with Crippen molar-refractivity contribution in [3.05, 3.63) is 95.6 Å². The summed E-state index contributed by atoms with van der Waals surface area (Å²) in [4.78, 5) is 12.7. The number of carbonyl (C=O) groups is 1. The molecule has 0 bridgehead atoms. The zero-order valence-corrected chi connectivity index (χ0v) is 17.3. The van der Waals surface area contributed by atoms with Gasteiger partial charge in [0.05, 0.1) is 5.69 Å². The van der Waals surface area contributed by atoms with Crippen molar-refractivity contribution in [3.63, 3.8) is 0 Å². The number of rotatable bonds is 5. The average Bonchev–Trinajstić information content (AvgIpc) is 2.77. The third-order valence-electron chi connectivity index (χ3n) is 5.19. The summed E-state index contributed by atoms with van der Waals surface area (Å²) in [5.41, 5.74) is 2.97. The van der Waals surface area contributed by atoms with Crippen molar-refractivity contribution < 1.29 is 13.2 Å². The Bertz CT molecular complexity index is 1150. The maximum Gasteiger partial charge on any atom is 0.251 e. The van der Waals surface area contributed by atoms with Gasteiger partial charge in [0.25, 0.3) is 5.91 Å². The molecule has 3 N–H and O–H groups in total. The topological polar surface area (TPSA) is 87.3 Å². The largest absolute Gasteiger partial charge is 0.364 e. The van der Waals surface area contributed by atoms with E-state index in [-0.39, 0.29) is 16.7 Å². The molecule has 1 amide bonds. The van der Waals surface area contributed by atoms with Gasteiger partial charge in [-0.05, 0) is 41.3 Å². The van der Waals surface area contributed by atoms with E-state index in [2.05, 4.69) is 22.3 Å². The van der Waals surface area contributed by atoms with Gasteiger partial charge in [0.1, 0.15) is 11.1 Å². The van der Waals surface area contributed by atoms with Crippen LogP contribution in [0.25, 0.3) is 0 Å². The van der Waals surface area contributed by atoms with Crippen LogP contribution in [0.2, 0.25) is 0 Å². The molecule has 0 aliphatic carbocycles. The number of benzene rings is 3. The molecule has 0 saturated heterocycles. The third-order valence-corrected chi connectivity index (χ3v) is 6.67. The highest BCUT2D eigenvalue weighted by Crippen LogP contribution is 2.30. The minimum atomic E-state index is -3.60. The summed E-state index contributed by atoms with van der Waals surface area (Å²) >= 11 is 0. The Labute approximate surface area is 176 Å². The predicted molar refractivity (Wildman–Crippen MR) is 117 cm³/mol. The van der Waals surface area contributed by atoms with E-state index in [9.17, 15) is 13.2 Å². The van der Waals surface area contributed by atoms with Gasteiger partial charge >= 0.3 is 0 Å². The van der Waals surface area contributed by atoms with Gasteiger partial charge in [0.15, 0.2) is 0 Å². The van der Waals surface area contributed by atoms with Crippen molar-refractivity contribution in [3.8, 4) is 0 Å². The molecule has 0 saturated carbocycles. The molecular weight excluding hydrogens is 398 g/mol. The van der Waals surface area contributed by atoms with Crippen LogP contribution in [0, 0.1) is 0 Å². The van der Waals surface area contributed by atoms with E-state index in [0.29, 0.717) is 17.8 Å². The number of amides is 1. The first-order chi connectivity index (χ1) is 14.4.